The summed E-state index contributed by atoms with van der Waals surface area (Å²) < 4.78 is 20.3. The van der Waals surface area contributed by atoms with Gasteiger partial charge in [-0.05, 0) is 78.9 Å². The van der Waals surface area contributed by atoms with Crippen LogP contribution in [0.1, 0.15) is 18.9 Å². The zero-order valence-electron chi connectivity index (χ0n) is 18.3. The van der Waals surface area contributed by atoms with Crippen LogP contribution in [-0.2, 0) is 0 Å². The van der Waals surface area contributed by atoms with E-state index in [2.05, 4.69) is 61.7 Å². The van der Waals surface area contributed by atoms with Crippen molar-refractivity contribution < 1.29 is 14.2 Å². The highest BCUT2D eigenvalue weighted by atomic mass is 127. The summed E-state index contributed by atoms with van der Waals surface area (Å²) in [5, 5.41) is 3.44. The summed E-state index contributed by atoms with van der Waals surface area (Å²) >= 11 is 2.32. The molecule has 2 aliphatic heterocycles. The molecule has 1 N–H and O–H groups in total. The number of hydrogen-bond donors (Lipinski definition) is 1. The number of hydrogen-bond acceptors (Lipinski definition) is 7. The highest BCUT2D eigenvalue weighted by Crippen LogP contribution is 2.37. The Morgan fingerprint density at radius 1 is 0.971 bits per heavy atom. The van der Waals surface area contributed by atoms with Crippen molar-refractivity contribution >= 4 is 22.6 Å². The average Bonchev–Trinajstić information content (AvgIpc) is 3.52. The molecule has 9 heteroatoms. The molecular formula is C25H22IN5O3. The summed E-state index contributed by atoms with van der Waals surface area (Å²) in [5.41, 5.74) is 3.71. The van der Waals surface area contributed by atoms with Gasteiger partial charge in [-0.15, -0.1) is 0 Å². The van der Waals surface area contributed by atoms with E-state index in [0.717, 1.165) is 48.6 Å². The summed E-state index contributed by atoms with van der Waals surface area (Å²) in [7, 11) is 0. The fraction of sp³-hybridized carbons (Fsp3) is 0.240. The molecule has 4 heterocycles. The van der Waals surface area contributed by atoms with Crippen LogP contribution in [0.2, 0.25) is 0 Å². The maximum absolute atomic E-state index is 5.99. The van der Waals surface area contributed by atoms with E-state index in [-0.39, 0.29) is 12.8 Å². The number of nitrogens with zero attached hydrogens (tertiary/aromatic N) is 4. The van der Waals surface area contributed by atoms with Crippen LogP contribution in [0.4, 0.5) is 0 Å². The van der Waals surface area contributed by atoms with E-state index in [1.165, 1.54) is 3.57 Å². The number of nitrogens with one attached hydrogen (secondary N) is 1. The summed E-state index contributed by atoms with van der Waals surface area (Å²) in [5.74, 6) is 1.94. The number of ether oxygens (including phenoxy) is 3. The lowest BCUT2D eigenvalue weighted by atomic mass is 10.0. The molecule has 0 saturated carbocycles. The Morgan fingerprint density at radius 3 is 2.65 bits per heavy atom. The first-order valence-corrected chi connectivity index (χ1v) is 12.3. The second kappa shape index (κ2) is 9.22. The van der Waals surface area contributed by atoms with Gasteiger partial charge in [0.25, 0.3) is 0 Å². The van der Waals surface area contributed by atoms with Gasteiger partial charge in [0.2, 0.25) is 6.79 Å². The molecule has 1 fully saturated rings. The van der Waals surface area contributed by atoms with Gasteiger partial charge in [0, 0.05) is 27.4 Å². The van der Waals surface area contributed by atoms with E-state index >= 15 is 0 Å². The van der Waals surface area contributed by atoms with Crippen molar-refractivity contribution in [2.24, 2.45) is 0 Å². The minimum absolute atomic E-state index is 0.215. The van der Waals surface area contributed by atoms with Crippen molar-refractivity contribution in [1.29, 1.82) is 0 Å². The standard InChI is InChI=1S/C25H22IN5O3/c26-17-3-1-16(2-4-17)23-24(31(14-29-23)18-7-10-27-11-8-18)20-9-12-28-25(30-20)34-19-5-6-21-22(13-19)33-15-32-21/h1-6,9,12-14,18,27H,7-8,10-11,15H2. The van der Waals surface area contributed by atoms with Gasteiger partial charge in [0.15, 0.2) is 11.5 Å². The second-order valence-electron chi connectivity index (χ2n) is 8.18. The molecule has 0 radical (unpaired) electrons. The molecule has 2 aromatic carbocycles. The van der Waals surface area contributed by atoms with E-state index in [4.69, 9.17) is 24.2 Å². The molecule has 0 spiro atoms. The van der Waals surface area contributed by atoms with Crippen LogP contribution in [-0.4, -0.2) is 39.4 Å². The molecule has 2 aromatic heterocycles. The van der Waals surface area contributed by atoms with Gasteiger partial charge in [0.05, 0.1) is 23.4 Å². The topological polar surface area (TPSA) is 83.3 Å². The van der Waals surface area contributed by atoms with Crippen molar-refractivity contribution in [3.05, 3.63) is 64.6 Å². The molecule has 0 bridgehead atoms. The predicted molar refractivity (Wildman–Crippen MR) is 135 cm³/mol. The monoisotopic (exact) mass is 567 g/mol. The molecule has 0 aliphatic carbocycles. The van der Waals surface area contributed by atoms with Crippen LogP contribution in [0, 0.1) is 3.57 Å². The zero-order valence-corrected chi connectivity index (χ0v) is 20.4. The highest BCUT2D eigenvalue weighted by Gasteiger charge is 2.24. The lowest BCUT2D eigenvalue weighted by Crippen LogP contribution is -2.29. The molecular weight excluding hydrogens is 545 g/mol. The zero-order chi connectivity index (χ0) is 22.9. The maximum Gasteiger partial charge on any atom is 0.322 e. The van der Waals surface area contributed by atoms with Gasteiger partial charge in [0.1, 0.15) is 5.75 Å². The number of benzene rings is 2. The number of aromatic nitrogens is 4. The van der Waals surface area contributed by atoms with Gasteiger partial charge < -0.3 is 24.1 Å². The number of halogens is 1. The quantitative estimate of drug-likeness (QED) is 0.338. The Hall–Kier alpha value is -3.18. The summed E-state index contributed by atoms with van der Waals surface area (Å²) in [6.07, 6.45) is 5.75. The van der Waals surface area contributed by atoms with Crippen LogP contribution in [0.3, 0.4) is 0 Å². The van der Waals surface area contributed by atoms with E-state index in [1.807, 2.05) is 24.5 Å². The van der Waals surface area contributed by atoms with E-state index in [0.29, 0.717) is 23.3 Å². The third-order valence-corrected chi connectivity index (χ3v) is 6.76. The first-order chi connectivity index (χ1) is 16.7. The van der Waals surface area contributed by atoms with Gasteiger partial charge >= 0.3 is 6.01 Å². The minimum atomic E-state index is 0.215. The molecule has 34 heavy (non-hydrogen) atoms. The lowest BCUT2D eigenvalue weighted by Gasteiger charge is -2.25. The molecule has 0 amide bonds. The third-order valence-electron chi connectivity index (χ3n) is 6.04. The Labute approximate surface area is 210 Å². The lowest BCUT2D eigenvalue weighted by molar-refractivity contribution is 0.174. The van der Waals surface area contributed by atoms with E-state index in [1.54, 1.807) is 12.3 Å². The molecule has 8 nitrogen and oxygen atoms in total. The Bertz CT molecular complexity index is 1320. The summed E-state index contributed by atoms with van der Waals surface area (Å²) in [4.78, 5) is 14.0. The normalized spacial score (nSPS) is 15.4. The van der Waals surface area contributed by atoms with Gasteiger partial charge in [-0.3, -0.25) is 0 Å². The SMILES string of the molecule is Ic1ccc(-c2ncn(C3CCNCC3)c2-c2ccnc(Oc3ccc4c(c3)OCO4)n2)cc1. The smallest absolute Gasteiger partial charge is 0.322 e. The minimum Gasteiger partial charge on any atom is -0.454 e. The molecule has 1 saturated heterocycles. The molecule has 4 aromatic rings. The summed E-state index contributed by atoms with van der Waals surface area (Å²) in [6.45, 7) is 2.19. The van der Waals surface area contributed by atoms with Gasteiger partial charge in [-0.1, -0.05) is 12.1 Å². The Balaban J connectivity index is 1.39. The van der Waals surface area contributed by atoms with Crippen LogP contribution in [0.5, 0.6) is 23.3 Å². The number of rotatable bonds is 5. The van der Waals surface area contributed by atoms with E-state index < -0.39 is 0 Å². The third kappa shape index (κ3) is 4.21. The fourth-order valence-electron chi connectivity index (χ4n) is 4.36. The maximum atomic E-state index is 5.99. The molecule has 172 valence electrons. The second-order valence-corrected chi connectivity index (χ2v) is 9.42. The van der Waals surface area contributed by atoms with Crippen LogP contribution < -0.4 is 19.5 Å². The van der Waals surface area contributed by atoms with Crippen molar-refractivity contribution in [2.75, 3.05) is 19.9 Å². The Morgan fingerprint density at radius 2 is 1.79 bits per heavy atom. The van der Waals surface area contributed by atoms with Crippen LogP contribution in [0.15, 0.2) is 61.1 Å². The molecule has 0 atom stereocenters. The predicted octanol–water partition coefficient (Wildman–Crippen LogP) is 5.06. The molecule has 0 unspecified atom stereocenters. The first kappa shape index (κ1) is 21.4. The first-order valence-electron chi connectivity index (χ1n) is 11.2. The van der Waals surface area contributed by atoms with Crippen molar-refractivity contribution in [1.82, 2.24) is 24.8 Å². The van der Waals surface area contributed by atoms with Gasteiger partial charge in [-0.2, -0.15) is 4.98 Å². The largest absolute Gasteiger partial charge is 0.454 e. The summed E-state index contributed by atoms with van der Waals surface area (Å²) in [6, 6.07) is 16.4. The molecule has 2 aliphatic rings. The van der Waals surface area contributed by atoms with Crippen LogP contribution >= 0.6 is 22.6 Å². The highest BCUT2D eigenvalue weighted by molar-refractivity contribution is 14.1. The van der Waals surface area contributed by atoms with E-state index in [9.17, 15) is 0 Å². The van der Waals surface area contributed by atoms with Crippen LogP contribution in [0.25, 0.3) is 22.6 Å². The average molecular weight is 567 g/mol. The van der Waals surface area contributed by atoms with Crippen molar-refractivity contribution in [3.63, 3.8) is 0 Å². The van der Waals surface area contributed by atoms with Gasteiger partial charge in [-0.25, -0.2) is 9.97 Å². The Kier molecular flexibility index (Phi) is 5.79. The fourth-order valence-corrected chi connectivity index (χ4v) is 4.72. The number of fused-ring (bicyclic) bond motifs is 1. The number of piperidine rings is 1. The molecule has 6 rings (SSSR count). The van der Waals surface area contributed by atoms with Crippen molar-refractivity contribution in [3.8, 4) is 45.9 Å². The van der Waals surface area contributed by atoms with Crippen molar-refractivity contribution in [2.45, 2.75) is 18.9 Å². The number of imidazole rings is 1.